The number of esters is 2. The molecule has 0 aliphatic carbocycles. The summed E-state index contributed by atoms with van der Waals surface area (Å²) in [6.07, 6.45) is 3.78. The molecule has 0 saturated carbocycles. The van der Waals surface area contributed by atoms with Crippen LogP contribution in [0.1, 0.15) is 75.6 Å². The predicted octanol–water partition coefficient (Wildman–Crippen LogP) is 3.63. The molecule has 2 rings (SSSR count). The smallest absolute Gasteiger partial charge is 0.338 e. The third kappa shape index (κ3) is 7.61. The van der Waals surface area contributed by atoms with Gasteiger partial charge in [-0.2, -0.15) is 0 Å². The van der Waals surface area contributed by atoms with Gasteiger partial charge >= 0.3 is 11.9 Å². The predicted molar refractivity (Wildman–Crippen MR) is 114 cm³/mol. The number of rotatable bonds is 12. The van der Waals surface area contributed by atoms with Crippen LogP contribution in [0, 0.1) is 0 Å². The van der Waals surface area contributed by atoms with Crippen molar-refractivity contribution < 1.29 is 28.9 Å². The molecular formula is C23H35NO6. The zero-order valence-corrected chi connectivity index (χ0v) is 18.0. The number of carbonyl (C=O) groups excluding carboxylic acids is 2. The normalized spacial score (nSPS) is 21.9. The third-order valence-corrected chi connectivity index (χ3v) is 5.34. The minimum absolute atomic E-state index is 0.248. The van der Waals surface area contributed by atoms with Crippen molar-refractivity contribution in [1.29, 1.82) is 0 Å². The van der Waals surface area contributed by atoms with Crippen LogP contribution in [0.2, 0.25) is 0 Å². The molecule has 0 radical (unpaired) electrons. The summed E-state index contributed by atoms with van der Waals surface area (Å²) in [6, 6.07) is 6.55. The van der Waals surface area contributed by atoms with E-state index in [9.17, 15) is 14.7 Å². The molecular weight excluding hydrogens is 386 g/mol. The Balaban J connectivity index is 1.97. The Labute approximate surface area is 178 Å². The maximum atomic E-state index is 12.6. The van der Waals surface area contributed by atoms with Crippen LogP contribution in [0.5, 0.6) is 0 Å². The van der Waals surface area contributed by atoms with E-state index in [1.54, 1.807) is 31.2 Å². The van der Waals surface area contributed by atoms with E-state index in [2.05, 4.69) is 6.92 Å². The average molecular weight is 422 g/mol. The minimum atomic E-state index is -0.593. The highest BCUT2D eigenvalue weighted by Crippen LogP contribution is 2.31. The number of carbonyl (C=O) groups is 2. The molecule has 0 aromatic heterocycles. The lowest BCUT2D eigenvalue weighted by Gasteiger charge is -2.19. The van der Waals surface area contributed by atoms with Gasteiger partial charge in [0.15, 0.2) is 0 Å². The van der Waals surface area contributed by atoms with Crippen LogP contribution in [0.25, 0.3) is 0 Å². The van der Waals surface area contributed by atoms with Gasteiger partial charge in [-0.15, -0.1) is 0 Å². The Morgan fingerprint density at radius 2 is 1.93 bits per heavy atom. The zero-order chi connectivity index (χ0) is 21.9. The number of anilines is 1. The van der Waals surface area contributed by atoms with Crippen LogP contribution in [-0.2, 0) is 19.0 Å². The van der Waals surface area contributed by atoms with Gasteiger partial charge in [-0.1, -0.05) is 26.2 Å². The number of nitrogens with two attached hydrogens (primary N) is 1. The fourth-order valence-corrected chi connectivity index (χ4v) is 3.67. The lowest BCUT2D eigenvalue weighted by Crippen LogP contribution is -2.27. The second-order valence-electron chi connectivity index (χ2n) is 7.77. The highest BCUT2D eigenvalue weighted by molar-refractivity contribution is 5.89. The average Bonchev–Trinajstić information content (AvgIpc) is 3.11. The molecule has 1 heterocycles. The van der Waals surface area contributed by atoms with Crippen LogP contribution < -0.4 is 5.73 Å². The first kappa shape index (κ1) is 24.2. The van der Waals surface area contributed by atoms with Crippen LogP contribution >= 0.6 is 0 Å². The second kappa shape index (κ2) is 12.5. The standard InChI is InChI=1S/C23H35NO6/c1-3-5-6-8-18(25)20-15-21(19(29-20)9-7-10-22(26)28-4-2)30-23(27)16-11-13-17(24)14-12-16/h11-14,18-21,25H,3-10,15,24H2,1-2H3/t18-,19-,20-,21+/m1/s1. The Hall–Kier alpha value is -2.12. The molecule has 3 N–H and O–H groups in total. The lowest BCUT2D eigenvalue weighted by molar-refractivity contribution is -0.143. The SMILES string of the molecule is CCCCC[C@@H](O)[C@H]1C[C@H](OC(=O)c2ccc(N)cc2)[C@@H](CCCC(=O)OCC)O1. The molecule has 0 amide bonds. The molecule has 4 atom stereocenters. The summed E-state index contributed by atoms with van der Waals surface area (Å²) in [5, 5.41) is 10.5. The topological polar surface area (TPSA) is 108 Å². The second-order valence-corrected chi connectivity index (χ2v) is 7.77. The van der Waals surface area contributed by atoms with Gasteiger partial charge in [-0.05, 0) is 50.5 Å². The molecule has 7 nitrogen and oxygen atoms in total. The summed E-state index contributed by atoms with van der Waals surface area (Å²) in [6.45, 7) is 4.24. The minimum Gasteiger partial charge on any atom is -0.466 e. The van der Waals surface area contributed by atoms with Crippen molar-refractivity contribution in [2.24, 2.45) is 0 Å². The van der Waals surface area contributed by atoms with Gasteiger partial charge in [0.2, 0.25) is 0 Å². The van der Waals surface area contributed by atoms with Crippen molar-refractivity contribution in [1.82, 2.24) is 0 Å². The molecule has 0 unspecified atom stereocenters. The fourth-order valence-electron chi connectivity index (χ4n) is 3.67. The first-order valence-electron chi connectivity index (χ1n) is 11.0. The number of hydrogen-bond acceptors (Lipinski definition) is 7. The van der Waals surface area contributed by atoms with Crippen molar-refractivity contribution >= 4 is 17.6 Å². The summed E-state index contributed by atoms with van der Waals surface area (Å²) in [4.78, 5) is 24.2. The molecule has 7 heteroatoms. The number of ether oxygens (including phenoxy) is 3. The first-order valence-corrected chi connectivity index (χ1v) is 11.0. The van der Waals surface area contributed by atoms with Gasteiger partial charge in [-0.3, -0.25) is 4.79 Å². The third-order valence-electron chi connectivity index (χ3n) is 5.34. The molecule has 30 heavy (non-hydrogen) atoms. The number of aliphatic hydroxyl groups is 1. The monoisotopic (exact) mass is 421 g/mol. The van der Waals surface area contributed by atoms with Crippen LogP contribution in [0.3, 0.4) is 0 Å². The summed E-state index contributed by atoms with van der Waals surface area (Å²) >= 11 is 0. The van der Waals surface area contributed by atoms with Gasteiger partial charge in [0.1, 0.15) is 6.10 Å². The molecule has 1 aliphatic rings. The van der Waals surface area contributed by atoms with E-state index in [1.807, 2.05) is 0 Å². The maximum absolute atomic E-state index is 12.6. The van der Waals surface area contributed by atoms with Crippen molar-refractivity contribution in [3.63, 3.8) is 0 Å². The van der Waals surface area contributed by atoms with Gasteiger partial charge < -0.3 is 25.1 Å². The first-order chi connectivity index (χ1) is 14.4. The van der Waals surface area contributed by atoms with E-state index in [0.29, 0.717) is 43.5 Å². The Morgan fingerprint density at radius 1 is 1.20 bits per heavy atom. The molecule has 168 valence electrons. The zero-order valence-electron chi connectivity index (χ0n) is 18.0. The van der Waals surface area contributed by atoms with Gasteiger partial charge in [0, 0.05) is 18.5 Å². The number of nitrogen functional groups attached to an aromatic ring is 1. The number of benzene rings is 1. The van der Waals surface area contributed by atoms with E-state index in [1.165, 1.54) is 0 Å². The number of unbranched alkanes of at least 4 members (excludes halogenated alkanes) is 2. The molecule has 1 aromatic rings. The van der Waals surface area contributed by atoms with E-state index in [-0.39, 0.29) is 24.6 Å². The quantitative estimate of drug-likeness (QED) is 0.301. The van der Waals surface area contributed by atoms with Gasteiger partial charge in [-0.25, -0.2) is 4.79 Å². The highest BCUT2D eigenvalue weighted by Gasteiger charge is 2.40. The van der Waals surface area contributed by atoms with Crippen LogP contribution in [0.15, 0.2) is 24.3 Å². The van der Waals surface area contributed by atoms with Crippen molar-refractivity contribution in [3.05, 3.63) is 29.8 Å². The van der Waals surface area contributed by atoms with E-state index in [0.717, 1.165) is 19.3 Å². The lowest BCUT2D eigenvalue weighted by atomic mass is 10.0. The highest BCUT2D eigenvalue weighted by atomic mass is 16.6. The molecule has 1 aromatic carbocycles. The summed E-state index contributed by atoms with van der Waals surface area (Å²) in [7, 11) is 0. The van der Waals surface area contributed by atoms with E-state index >= 15 is 0 Å². The molecule has 1 aliphatic heterocycles. The Bertz CT molecular complexity index is 662. The van der Waals surface area contributed by atoms with Crippen LogP contribution in [-0.4, -0.2) is 48.1 Å². The molecule has 0 spiro atoms. The Morgan fingerprint density at radius 3 is 2.60 bits per heavy atom. The number of hydrogen-bond donors (Lipinski definition) is 2. The summed E-state index contributed by atoms with van der Waals surface area (Å²) in [5.41, 5.74) is 6.67. The van der Waals surface area contributed by atoms with E-state index < -0.39 is 18.2 Å². The Kier molecular flexibility index (Phi) is 10.1. The fraction of sp³-hybridized carbons (Fsp3) is 0.652. The van der Waals surface area contributed by atoms with Crippen molar-refractivity contribution in [2.45, 2.75) is 89.6 Å². The van der Waals surface area contributed by atoms with Gasteiger partial charge in [0.05, 0.1) is 30.5 Å². The van der Waals surface area contributed by atoms with Gasteiger partial charge in [0.25, 0.3) is 0 Å². The maximum Gasteiger partial charge on any atom is 0.338 e. The molecule has 0 bridgehead atoms. The van der Waals surface area contributed by atoms with Crippen molar-refractivity contribution in [3.8, 4) is 0 Å². The summed E-state index contributed by atoms with van der Waals surface area (Å²) in [5.74, 6) is -0.692. The summed E-state index contributed by atoms with van der Waals surface area (Å²) < 4.78 is 16.8. The number of aliphatic hydroxyl groups excluding tert-OH is 1. The largest absolute Gasteiger partial charge is 0.466 e. The molecule has 1 saturated heterocycles. The molecule has 1 fully saturated rings. The van der Waals surface area contributed by atoms with Crippen molar-refractivity contribution in [2.75, 3.05) is 12.3 Å². The van der Waals surface area contributed by atoms with Crippen LogP contribution in [0.4, 0.5) is 5.69 Å². The van der Waals surface area contributed by atoms with E-state index in [4.69, 9.17) is 19.9 Å².